The first-order valence-corrected chi connectivity index (χ1v) is 11.2. The second-order valence-electron chi connectivity index (χ2n) is 8.00. The predicted octanol–water partition coefficient (Wildman–Crippen LogP) is 3.80. The normalized spacial score (nSPS) is 10.6. The minimum absolute atomic E-state index is 0.0638. The average molecular weight is 506 g/mol. The maximum Gasteiger partial charge on any atom is 0.271 e. The van der Waals surface area contributed by atoms with Gasteiger partial charge in [-0.3, -0.25) is 19.7 Å². The molecule has 3 rings (SSSR count). The maximum absolute atomic E-state index is 12.2. The van der Waals surface area contributed by atoms with Crippen LogP contribution in [0.4, 0.5) is 17.1 Å². The number of hydrazone groups is 1. The number of rotatable bonds is 11. The summed E-state index contributed by atoms with van der Waals surface area (Å²) in [5.41, 5.74) is 6.40. The Balaban J connectivity index is 1.50. The third-order valence-electron chi connectivity index (χ3n) is 5.25. The Hall–Kier alpha value is -4.93. The molecular weight excluding hydrogens is 478 g/mol. The number of methoxy groups -OCH3 is 1. The number of carbonyl (C=O) groups excluding carboxylic acids is 2. The van der Waals surface area contributed by atoms with Crippen LogP contribution >= 0.6 is 0 Å². The van der Waals surface area contributed by atoms with Crippen molar-refractivity contribution in [2.75, 3.05) is 30.9 Å². The van der Waals surface area contributed by atoms with Crippen LogP contribution in [0.15, 0.2) is 65.8 Å². The van der Waals surface area contributed by atoms with Crippen LogP contribution in [0.1, 0.15) is 16.7 Å². The fourth-order valence-electron chi connectivity index (χ4n) is 3.17. The van der Waals surface area contributed by atoms with E-state index in [2.05, 4.69) is 21.2 Å². The molecule has 0 heterocycles. The minimum atomic E-state index is -0.545. The summed E-state index contributed by atoms with van der Waals surface area (Å²) in [5, 5.41) is 20.4. The van der Waals surface area contributed by atoms with Crippen LogP contribution in [0.25, 0.3) is 0 Å². The van der Waals surface area contributed by atoms with Gasteiger partial charge in [0.2, 0.25) is 0 Å². The molecule has 3 aromatic carbocycles. The number of carbonyl (C=O) groups is 2. The molecule has 192 valence electrons. The molecule has 0 unspecified atom stereocenters. The quantitative estimate of drug-likeness (QED) is 0.204. The van der Waals surface area contributed by atoms with E-state index in [1.165, 1.54) is 43.2 Å². The number of nitro groups is 1. The second-order valence-corrected chi connectivity index (χ2v) is 8.00. The Morgan fingerprint density at radius 1 is 0.973 bits per heavy atom. The van der Waals surface area contributed by atoms with Crippen LogP contribution < -0.4 is 25.5 Å². The van der Waals surface area contributed by atoms with Crippen LogP contribution in [-0.4, -0.2) is 43.2 Å². The zero-order chi connectivity index (χ0) is 26.8. The molecule has 0 aliphatic heterocycles. The number of nitro benzene ring substituents is 1. The molecular formula is C26H27N5O6. The second kappa shape index (κ2) is 12.7. The first-order valence-electron chi connectivity index (χ1n) is 11.2. The van der Waals surface area contributed by atoms with E-state index < -0.39 is 10.8 Å². The molecule has 3 aromatic rings. The Bertz CT molecular complexity index is 1320. The highest BCUT2D eigenvalue weighted by Crippen LogP contribution is 2.27. The first-order chi connectivity index (χ1) is 17.7. The van der Waals surface area contributed by atoms with Gasteiger partial charge in [-0.05, 0) is 66.9 Å². The number of nitrogens with zero attached hydrogens (tertiary/aromatic N) is 2. The molecule has 0 atom stereocenters. The summed E-state index contributed by atoms with van der Waals surface area (Å²) in [4.78, 5) is 34.6. The van der Waals surface area contributed by atoms with E-state index in [1.807, 2.05) is 32.0 Å². The first kappa shape index (κ1) is 26.7. The number of amides is 2. The summed E-state index contributed by atoms with van der Waals surface area (Å²) < 4.78 is 10.9. The summed E-state index contributed by atoms with van der Waals surface area (Å²) in [6.07, 6.45) is 1.45. The van der Waals surface area contributed by atoms with Crippen molar-refractivity contribution in [3.05, 3.63) is 87.5 Å². The molecule has 0 fully saturated rings. The van der Waals surface area contributed by atoms with Gasteiger partial charge in [0.1, 0.15) is 0 Å². The fraction of sp³-hybridized carbons (Fsp3) is 0.192. The van der Waals surface area contributed by atoms with Gasteiger partial charge in [-0.25, -0.2) is 5.43 Å². The number of benzene rings is 3. The fourth-order valence-corrected chi connectivity index (χ4v) is 3.17. The third kappa shape index (κ3) is 8.06. The van der Waals surface area contributed by atoms with Crippen LogP contribution in [0.3, 0.4) is 0 Å². The monoisotopic (exact) mass is 505 g/mol. The molecule has 0 spiro atoms. The van der Waals surface area contributed by atoms with E-state index in [4.69, 9.17) is 9.47 Å². The number of hydrogen-bond donors (Lipinski definition) is 3. The number of non-ortho nitro benzene ring substituents is 1. The standard InChI is InChI=1S/C26H27N5O6/c1-17-7-9-20(11-18(17)2)27-15-25(32)30-28-14-19-8-10-23(24(12-19)36-3)37-16-26(33)29-21-5-4-6-22(13-21)31(34)35/h4-14,27H,15-16H2,1-3H3,(H,29,33)(H,30,32)/b28-14-. The topological polar surface area (TPSA) is 144 Å². The smallest absolute Gasteiger partial charge is 0.271 e. The summed E-state index contributed by atoms with van der Waals surface area (Å²) in [6, 6.07) is 16.4. The minimum Gasteiger partial charge on any atom is -0.493 e. The zero-order valence-corrected chi connectivity index (χ0v) is 20.6. The Kier molecular flexibility index (Phi) is 9.14. The molecule has 0 bridgehead atoms. The summed E-state index contributed by atoms with van der Waals surface area (Å²) in [7, 11) is 1.45. The summed E-state index contributed by atoms with van der Waals surface area (Å²) in [6.45, 7) is 3.75. The van der Waals surface area contributed by atoms with Gasteiger partial charge in [-0.15, -0.1) is 0 Å². The van der Waals surface area contributed by atoms with Crippen molar-refractivity contribution in [3.63, 3.8) is 0 Å². The van der Waals surface area contributed by atoms with Gasteiger partial charge in [0.05, 0.1) is 24.8 Å². The van der Waals surface area contributed by atoms with E-state index in [9.17, 15) is 19.7 Å². The lowest BCUT2D eigenvalue weighted by molar-refractivity contribution is -0.384. The number of nitrogens with one attached hydrogen (secondary N) is 3. The van der Waals surface area contributed by atoms with Crippen molar-refractivity contribution in [1.29, 1.82) is 0 Å². The molecule has 3 N–H and O–H groups in total. The molecule has 37 heavy (non-hydrogen) atoms. The summed E-state index contributed by atoms with van der Waals surface area (Å²) >= 11 is 0. The SMILES string of the molecule is COc1cc(/C=N\NC(=O)CNc2ccc(C)c(C)c2)ccc1OCC(=O)Nc1cccc([N+](=O)[O-])c1. The van der Waals surface area contributed by atoms with Crippen molar-refractivity contribution in [1.82, 2.24) is 5.43 Å². The van der Waals surface area contributed by atoms with Crippen LogP contribution in [0, 0.1) is 24.0 Å². The number of aryl methyl sites for hydroxylation is 2. The van der Waals surface area contributed by atoms with Crippen molar-refractivity contribution < 1.29 is 24.0 Å². The van der Waals surface area contributed by atoms with E-state index in [0.29, 0.717) is 17.1 Å². The Morgan fingerprint density at radius 2 is 1.78 bits per heavy atom. The molecule has 2 amide bonds. The van der Waals surface area contributed by atoms with Gasteiger partial charge in [0.25, 0.3) is 17.5 Å². The van der Waals surface area contributed by atoms with E-state index >= 15 is 0 Å². The largest absolute Gasteiger partial charge is 0.493 e. The number of ether oxygens (including phenoxy) is 2. The summed E-state index contributed by atoms with van der Waals surface area (Å²) in [5.74, 6) is -0.133. The van der Waals surface area contributed by atoms with Gasteiger partial charge in [-0.2, -0.15) is 5.10 Å². The average Bonchev–Trinajstić information content (AvgIpc) is 2.88. The molecule has 0 aromatic heterocycles. The molecule has 0 saturated heterocycles. The predicted molar refractivity (Wildman–Crippen MR) is 140 cm³/mol. The van der Waals surface area contributed by atoms with Gasteiger partial charge in [-0.1, -0.05) is 12.1 Å². The molecule has 0 aliphatic carbocycles. The van der Waals surface area contributed by atoms with E-state index in [-0.39, 0.29) is 30.4 Å². The lowest BCUT2D eigenvalue weighted by atomic mass is 10.1. The van der Waals surface area contributed by atoms with Crippen LogP contribution in [-0.2, 0) is 9.59 Å². The maximum atomic E-state index is 12.2. The molecule has 0 aliphatic rings. The molecule has 0 saturated carbocycles. The molecule has 0 radical (unpaired) electrons. The van der Waals surface area contributed by atoms with Crippen LogP contribution in [0.5, 0.6) is 11.5 Å². The Labute approximate surface area is 213 Å². The van der Waals surface area contributed by atoms with Gasteiger partial charge in [0.15, 0.2) is 18.1 Å². The van der Waals surface area contributed by atoms with Crippen molar-refractivity contribution in [2.24, 2.45) is 5.10 Å². The van der Waals surface area contributed by atoms with Gasteiger partial charge >= 0.3 is 0 Å². The van der Waals surface area contributed by atoms with E-state index in [0.717, 1.165) is 11.3 Å². The van der Waals surface area contributed by atoms with Gasteiger partial charge < -0.3 is 20.1 Å². The zero-order valence-electron chi connectivity index (χ0n) is 20.6. The highest BCUT2D eigenvalue weighted by molar-refractivity contribution is 5.92. The highest BCUT2D eigenvalue weighted by atomic mass is 16.6. The van der Waals surface area contributed by atoms with E-state index in [1.54, 1.807) is 18.2 Å². The van der Waals surface area contributed by atoms with Gasteiger partial charge in [0, 0.05) is 23.5 Å². The van der Waals surface area contributed by atoms with Crippen molar-refractivity contribution in [2.45, 2.75) is 13.8 Å². The lowest BCUT2D eigenvalue weighted by Crippen LogP contribution is -2.25. The highest BCUT2D eigenvalue weighted by Gasteiger charge is 2.11. The lowest BCUT2D eigenvalue weighted by Gasteiger charge is -2.11. The molecule has 11 heteroatoms. The number of anilines is 2. The molecule has 11 nitrogen and oxygen atoms in total. The van der Waals surface area contributed by atoms with Crippen molar-refractivity contribution >= 4 is 35.1 Å². The van der Waals surface area contributed by atoms with Crippen LogP contribution in [0.2, 0.25) is 0 Å². The Morgan fingerprint density at radius 3 is 2.51 bits per heavy atom. The van der Waals surface area contributed by atoms with Crippen molar-refractivity contribution in [3.8, 4) is 11.5 Å². The third-order valence-corrected chi connectivity index (χ3v) is 5.25. The number of hydrogen-bond acceptors (Lipinski definition) is 8.